The van der Waals surface area contributed by atoms with E-state index in [0.717, 1.165) is 66.1 Å². The lowest BCUT2D eigenvalue weighted by atomic mass is 9.87. The molecular formula is C31H30ClF2NO3. The number of carboxylic acids is 1. The Kier molecular flexibility index (Phi) is 8.10. The fourth-order valence-electron chi connectivity index (χ4n) is 5.55. The number of ether oxygens (including phenoxy) is 1. The monoisotopic (exact) mass is 537 g/mol. The van der Waals surface area contributed by atoms with Crippen molar-refractivity contribution >= 4 is 28.7 Å². The summed E-state index contributed by atoms with van der Waals surface area (Å²) in [6.07, 6.45) is 3.49. The van der Waals surface area contributed by atoms with Crippen LogP contribution in [0.5, 0.6) is 5.75 Å². The lowest BCUT2D eigenvalue weighted by molar-refractivity contribution is 0.0696. The Labute approximate surface area is 226 Å². The van der Waals surface area contributed by atoms with Crippen molar-refractivity contribution in [3.63, 3.8) is 0 Å². The van der Waals surface area contributed by atoms with Gasteiger partial charge in [0.05, 0.1) is 12.2 Å². The van der Waals surface area contributed by atoms with Crippen molar-refractivity contribution in [2.24, 2.45) is 0 Å². The maximum absolute atomic E-state index is 15.2. The second-order valence-electron chi connectivity index (χ2n) is 9.91. The Morgan fingerprint density at radius 1 is 1.08 bits per heavy atom. The highest BCUT2D eigenvalue weighted by Gasteiger charge is 2.25. The van der Waals surface area contributed by atoms with Gasteiger partial charge < -0.3 is 9.84 Å². The van der Waals surface area contributed by atoms with Gasteiger partial charge in [-0.2, -0.15) is 0 Å². The van der Waals surface area contributed by atoms with Crippen LogP contribution in [0.4, 0.5) is 8.78 Å². The van der Waals surface area contributed by atoms with Crippen LogP contribution in [0, 0.1) is 5.82 Å². The van der Waals surface area contributed by atoms with Gasteiger partial charge >= 0.3 is 5.97 Å². The normalized spacial score (nSPS) is 17.8. The van der Waals surface area contributed by atoms with Crippen LogP contribution < -0.4 is 4.74 Å². The number of allylic oxidation sites excluding steroid dienone is 1. The van der Waals surface area contributed by atoms with Crippen molar-refractivity contribution in [1.82, 2.24) is 4.90 Å². The lowest BCUT2D eigenvalue weighted by Crippen LogP contribution is -2.26. The molecule has 0 radical (unpaired) electrons. The average Bonchev–Trinajstić information content (AvgIpc) is 3.25. The molecule has 1 aliphatic heterocycles. The van der Waals surface area contributed by atoms with Crippen LogP contribution in [0.3, 0.4) is 0 Å². The molecule has 0 aromatic heterocycles. The number of benzene rings is 3. The molecule has 3 aromatic rings. The molecule has 0 unspecified atom stereocenters. The number of aryl methyl sites for hydroxylation is 1. The van der Waals surface area contributed by atoms with Gasteiger partial charge in [-0.3, -0.25) is 9.29 Å². The van der Waals surface area contributed by atoms with Crippen molar-refractivity contribution in [2.75, 3.05) is 26.3 Å². The lowest BCUT2D eigenvalue weighted by Gasteiger charge is -2.19. The van der Waals surface area contributed by atoms with Crippen molar-refractivity contribution < 1.29 is 23.4 Å². The molecular weight excluding hydrogens is 508 g/mol. The number of fused-ring (bicyclic) bond motifs is 1. The SMILES string of the molecule is O=C(O)c1ccc2c(c1)CCCC(c1ccc(Cl)cc1F)=C2c1cccc(O[C@@H]2CCN(CCCF)C2)c1. The number of hydrogen-bond donors (Lipinski definition) is 1. The zero-order chi connectivity index (χ0) is 26.6. The summed E-state index contributed by atoms with van der Waals surface area (Å²) in [4.78, 5) is 13.9. The van der Waals surface area contributed by atoms with Gasteiger partial charge in [-0.05, 0) is 96.3 Å². The van der Waals surface area contributed by atoms with E-state index in [9.17, 15) is 14.3 Å². The highest BCUT2D eigenvalue weighted by atomic mass is 35.5. The first-order valence-electron chi connectivity index (χ1n) is 13.0. The minimum absolute atomic E-state index is 0.0200. The van der Waals surface area contributed by atoms with Crippen LogP contribution in [0.1, 0.15) is 58.3 Å². The van der Waals surface area contributed by atoms with Crippen molar-refractivity contribution in [1.29, 1.82) is 0 Å². The predicted octanol–water partition coefficient (Wildman–Crippen LogP) is 7.29. The third kappa shape index (κ3) is 5.77. The van der Waals surface area contributed by atoms with Gasteiger partial charge in [0.1, 0.15) is 17.7 Å². The average molecular weight is 538 g/mol. The molecule has 1 aliphatic carbocycles. The fourth-order valence-corrected chi connectivity index (χ4v) is 5.71. The Morgan fingerprint density at radius 2 is 1.92 bits per heavy atom. The summed E-state index contributed by atoms with van der Waals surface area (Å²) in [5, 5.41) is 9.89. The zero-order valence-electron chi connectivity index (χ0n) is 21.1. The smallest absolute Gasteiger partial charge is 0.335 e. The summed E-state index contributed by atoms with van der Waals surface area (Å²) in [5.74, 6) is -0.641. The van der Waals surface area contributed by atoms with E-state index in [0.29, 0.717) is 29.8 Å². The first-order valence-corrected chi connectivity index (χ1v) is 13.4. The van der Waals surface area contributed by atoms with E-state index in [1.165, 1.54) is 6.07 Å². The van der Waals surface area contributed by atoms with Gasteiger partial charge in [-0.15, -0.1) is 0 Å². The summed E-state index contributed by atoms with van der Waals surface area (Å²) in [6.45, 7) is 2.06. The molecule has 1 saturated heterocycles. The van der Waals surface area contributed by atoms with E-state index in [2.05, 4.69) is 4.90 Å². The van der Waals surface area contributed by atoms with E-state index in [4.69, 9.17) is 16.3 Å². The number of rotatable bonds is 8. The molecule has 1 atom stereocenters. The molecule has 1 N–H and O–H groups in total. The standard InChI is InChI=1S/C31H30ClF2NO3/c32-23-9-11-27(29(34)18-23)28-7-2-4-20-16-22(31(36)37)8-10-26(20)30(28)21-5-1-6-24(17-21)38-25-12-15-35(19-25)14-3-13-33/h1,5-6,8-11,16-18,25H,2-4,7,12-15,19H2,(H,36,37)/t25-/m1/s1. The Morgan fingerprint density at radius 3 is 2.71 bits per heavy atom. The minimum atomic E-state index is -0.973. The molecule has 0 spiro atoms. The molecule has 0 bridgehead atoms. The van der Waals surface area contributed by atoms with E-state index >= 15 is 4.39 Å². The minimum Gasteiger partial charge on any atom is -0.489 e. The maximum atomic E-state index is 15.2. The third-order valence-electron chi connectivity index (χ3n) is 7.32. The first-order chi connectivity index (χ1) is 18.4. The van der Waals surface area contributed by atoms with E-state index in [1.807, 2.05) is 30.3 Å². The Balaban J connectivity index is 1.57. The van der Waals surface area contributed by atoms with E-state index < -0.39 is 5.97 Å². The number of aromatic carboxylic acids is 1. The second-order valence-corrected chi connectivity index (χ2v) is 10.3. The molecule has 0 amide bonds. The molecule has 1 fully saturated rings. The van der Waals surface area contributed by atoms with Crippen LogP contribution in [0.2, 0.25) is 5.02 Å². The summed E-state index contributed by atoms with van der Waals surface area (Å²) in [7, 11) is 0. The summed E-state index contributed by atoms with van der Waals surface area (Å²) in [5.41, 5.74) is 5.16. The van der Waals surface area contributed by atoms with Gasteiger partial charge in [-0.25, -0.2) is 9.18 Å². The molecule has 0 saturated carbocycles. The van der Waals surface area contributed by atoms with Crippen molar-refractivity contribution in [3.05, 3.63) is 99.3 Å². The molecule has 1 heterocycles. The van der Waals surface area contributed by atoms with Crippen LogP contribution in [-0.4, -0.2) is 48.4 Å². The van der Waals surface area contributed by atoms with Gasteiger partial charge in [0, 0.05) is 30.2 Å². The van der Waals surface area contributed by atoms with Crippen LogP contribution >= 0.6 is 11.6 Å². The highest BCUT2D eigenvalue weighted by Crippen LogP contribution is 2.42. The summed E-state index contributed by atoms with van der Waals surface area (Å²) < 4.78 is 34.2. The Hall–Kier alpha value is -3.22. The van der Waals surface area contributed by atoms with Gasteiger partial charge in [-0.1, -0.05) is 35.9 Å². The number of likely N-dealkylation sites (tertiary alicyclic amines) is 1. The Bertz CT molecular complexity index is 1370. The topological polar surface area (TPSA) is 49.8 Å². The number of carboxylic acid groups (broad SMARTS) is 1. The first kappa shape index (κ1) is 26.4. The van der Waals surface area contributed by atoms with Crippen molar-refractivity contribution in [3.8, 4) is 5.75 Å². The van der Waals surface area contributed by atoms with Gasteiger partial charge in [0.2, 0.25) is 0 Å². The van der Waals surface area contributed by atoms with Gasteiger partial charge in [0.15, 0.2) is 0 Å². The summed E-state index contributed by atoms with van der Waals surface area (Å²) in [6, 6.07) is 17.7. The molecule has 4 nitrogen and oxygen atoms in total. The molecule has 198 valence electrons. The molecule has 2 aliphatic rings. The maximum Gasteiger partial charge on any atom is 0.335 e. The van der Waals surface area contributed by atoms with E-state index in [1.54, 1.807) is 24.3 Å². The fraction of sp³-hybridized carbons (Fsp3) is 0.323. The third-order valence-corrected chi connectivity index (χ3v) is 7.55. The van der Waals surface area contributed by atoms with E-state index in [-0.39, 0.29) is 24.2 Å². The quantitative estimate of drug-likeness (QED) is 0.328. The highest BCUT2D eigenvalue weighted by molar-refractivity contribution is 6.30. The summed E-state index contributed by atoms with van der Waals surface area (Å²) >= 11 is 6.06. The largest absolute Gasteiger partial charge is 0.489 e. The number of carbonyl (C=O) groups is 1. The zero-order valence-corrected chi connectivity index (χ0v) is 21.8. The van der Waals surface area contributed by atoms with Gasteiger partial charge in [0.25, 0.3) is 0 Å². The van der Waals surface area contributed by atoms with Crippen LogP contribution in [-0.2, 0) is 6.42 Å². The number of halogens is 3. The molecule has 3 aromatic carbocycles. The molecule has 5 rings (SSSR count). The molecule has 7 heteroatoms. The van der Waals surface area contributed by atoms with Crippen LogP contribution in [0.15, 0.2) is 60.7 Å². The number of hydrogen-bond acceptors (Lipinski definition) is 3. The predicted molar refractivity (Wildman–Crippen MR) is 146 cm³/mol. The number of alkyl halides is 1. The van der Waals surface area contributed by atoms with Crippen molar-refractivity contribution in [2.45, 2.75) is 38.2 Å². The second kappa shape index (κ2) is 11.7. The number of nitrogens with zero attached hydrogens (tertiary/aromatic N) is 1. The van der Waals surface area contributed by atoms with Crippen LogP contribution in [0.25, 0.3) is 11.1 Å². The molecule has 38 heavy (non-hydrogen) atoms.